The summed E-state index contributed by atoms with van der Waals surface area (Å²) in [6.45, 7) is 2.15. The molecule has 0 aliphatic heterocycles. The number of amides is 1. The molecule has 0 unspecified atom stereocenters. The van der Waals surface area contributed by atoms with Crippen LogP contribution in [0.25, 0.3) is 11.1 Å². The maximum absolute atomic E-state index is 11.2. The molecule has 0 aliphatic rings. The fraction of sp³-hybridized carbons (Fsp3) is 0.150. The van der Waals surface area contributed by atoms with Crippen LogP contribution in [0, 0.1) is 0 Å². The number of rotatable bonds is 6. The van der Waals surface area contributed by atoms with Gasteiger partial charge in [-0.15, -0.1) is 0 Å². The lowest BCUT2D eigenvalue weighted by Gasteiger charge is -2.13. The molecule has 0 spiro atoms. The van der Waals surface area contributed by atoms with Crippen LogP contribution in [0.2, 0.25) is 0 Å². The van der Waals surface area contributed by atoms with E-state index in [0.29, 0.717) is 23.6 Å². The van der Waals surface area contributed by atoms with Crippen molar-refractivity contribution in [1.82, 2.24) is 9.97 Å². The second-order valence-corrected chi connectivity index (χ2v) is 6.03. The molecule has 3 aromatic rings. The zero-order valence-electron chi connectivity index (χ0n) is 15.0. The van der Waals surface area contributed by atoms with E-state index in [2.05, 4.69) is 15.3 Å². The Hall–Kier alpha value is -3.45. The Morgan fingerprint density at radius 2 is 1.70 bits per heavy atom. The fourth-order valence-electron chi connectivity index (χ4n) is 2.73. The highest BCUT2D eigenvalue weighted by Crippen LogP contribution is 2.30. The van der Waals surface area contributed by atoms with Gasteiger partial charge in [-0.25, -0.2) is 4.98 Å². The van der Waals surface area contributed by atoms with Crippen LogP contribution in [0.15, 0.2) is 54.6 Å². The maximum Gasteiger partial charge on any atom is 0.222 e. The summed E-state index contributed by atoms with van der Waals surface area (Å²) >= 11 is 0. The van der Waals surface area contributed by atoms with Crippen LogP contribution >= 0.6 is 0 Å². The summed E-state index contributed by atoms with van der Waals surface area (Å²) in [4.78, 5) is 19.5. The monoisotopic (exact) mass is 363 g/mol. The molecule has 2 aromatic carbocycles. The van der Waals surface area contributed by atoms with Gasteiger partial charge in [-0.3, -0.25) is 4.79 Å². The summed E-state index contributed by atoms with van der Waals surface area (Å²) in [7, 11) is 0. The Morgan fingerprint density at radius 3 is 2.37 bits per heavy atom. The van der Waals surface area contributed by atoms with Crippen LogP contribution < -0.4 is 16.8 Å². The molecule has 0 fully saturated rings. The first-order valence-electron chi connectivity index (χ1n) is 8.44. The largest absolute Gasteiger partial charge is 0.383 e. The van der Waals surface area contributed by atoms with Gasteiger partial charge in [-0.2, -0.15) is 4.98 Å². The van der Waals surface area contributed by atoms with Crippen LogP contribution in [0.1, 0.15) is 18.2 Å². The number of hydrogen-bond donors (Lipinski definition) is 3. The van der Waals surface area contributed by atoms with E-state index in [9.17, 15) is 4.79 Å². The van der Waals surface area contributed by atoms with Gasteiger partial charge in [0.2, 0.25) is 11.9 Å². The van der Waals surface area contributed by atoms with Gasteiger partial charge in [0.25, 0.3) is 0 Å². The van der Waals surface area contributed by atoms with Crippen molar-refractivity contribution in [2.75, 3.05) is 16.8 Å². The first-order chi connectivity index (χ1) is 13.0. The number of anilines is 3. The number of hydrogen-bond acceptors (Lipinski definition) is 6. The Bertz CT molecular complexity index is 927. The van der Waals surface area contributed by atoms with Crippen LogP contribution in [0.3, 0.4) is 0 Å². The summed E-state index contributed by atoms with van der Waals surface area (Å²) in [6.07, 6.45) is 0. The van der Waals surface area contributed by atoms with E-state index in [-0.39, 0.29) is 24.3 Å². The molecular weight excluding hydrogens is 342 g/mol. The highest BCUT2D eigenvalue weighted by Gasteiger charge is 2.14. The normalized spacial score (nSPS) is 10.6. The molecule has 1 aromatic heterocycles. The minimum Gasteiger partial charge on any atom is -0.383 e. The zero-order valence-corrected chi connectivity index (χ0v) is 15.0. The fourth-order valence-corrected chi connectivity index (χ4v) is 2.73. The van der Waals surface area contributed by atoms with E-state index < -0.39 is 0 Å². The van der Waals surface area contributed by atoms with Gasteiger partial charge in [-0.1, -0.05) is 42.5 Å². The predicted octanol–water partition coefficient (Wildman–Crippen LogP) is 2.98. The minimum absolute atomic E-state index is 0.101. The average molecular weight is 363 g/mol. The molecule has 1 heterocycles. The van der Waals surface area contributed by atoms with E-state index in [1.165, 1.54) is 6.92 Å². The van der Waals surface area contributed by atoms with Crippen LogP contribution in [-0.2, 0) is 22.7 Å². The minimum atomic E-state index is -0.131. The van der Waals surface area contributed by atoms with Crippen molar-refractivity contribution in [2.24, 2.45) is 0 Å². The van der Waals surface area contributed by atoms with E-state index in [4.69, 9.17) is 16.2 Å². The molecule has 0 aliphatic carbocycles. The van der Waals surface area contributed by atoms with Gasteiger partial charge in [0, 0.05) is 18.2 Å². The third kappa shape index (κ3) is 4.80. The van der Waals surface area contributed by atoms with Crippen molar-refractivity contribution >= 4 is 23.4 Å². The van der Waals surface area contributed by atoms with Crippen LogP contribution in [-0.4, -0.2) is 15.9 Å². The van der Waals surface area contributed by atoms with Gasteiger partial charge < -0.3 is 21.5 Å². The Kier molecular flexibility index (Phi) is 5.63. The molecule has 7 heteroatoms. The third-order valence-electron chi connectivity index (χ3n) is 3.87. The number of carbonyl (C=O) groups excluding carboxylic acids is 1. The Labute approximate surface area is 157 Å². The lowest BCUT2D eigenvalue weighted by Crippen LogP contribution is -2.08. The summed E-state index contributed by atoms with van der Waals surface area (Å²) in [5, 5.41) is 2.73. The van der Waals surface area contributed by atoms with E-state index in [1.54, 1.807) is 12.1 Å². The lowest BCUT2D eigenvalue weighted by atomic mass is 10.0. The summed E-state index contributed by atoms with van der Waals surface area (Å²) < 4.78 is 5.80. The standard InChI is InChI=1S/C20H21N5O2/c1-13(26)23-16-9-7-15(8-10-16)18-17(24-20(22)25-19(18)21)12-27-11-14-5-3-2-4-6-14/h2-10H,11-12H2,1H3,(H,23,26)(H4,21,22,24,25). The SMILES string of the molecule is CC(=O)Nc1ccc(-c2c(N)nc(N)nc2COCc2ccccc2)cc1. The molecule has 1 amide bonds. The first-order valence-corrected chi connectivity index (χ1v) is 8.44. The van der Waals surface area contributed by atoms with Crippen molar-refractivity contribution in [3.05, 3.63) is 65.9 Å². The Balaban J connectivity index is 1.82. The number of nitrogen functional groups attached to an aromatic ring is 2. The molecule has 3 rings (SSSR count). The van der Waals surface area contributed by atoms with E-state index in [1.807, 2.05) is 42.5 Å². The van der Waals surface area contributed by atoms with Crippen molar-refractivity contribution in [1.29, 1.82) is 0 Å². The van der Waals surface area contributed by atoms with E-state index >= 15 is 0 Å². The van der Waals surface area contributed by atoms with Crippen molar-refractivity contribution in [3.63, 3.8) is 0 Å². The van der Waals surface area contributed by atoms with Gasteiger partial charge >= 0.3 is 0 Å². The highest BCUT2D eigenvalue weighted by atomic mass is 16.5. The molecule has 5 N–H and O–H groups in total. The second kappa shape index (κ2) is 8.29. The summed E-state index contributed by atoms with van der Waals surface area (Å²) in [6, 6.07) is 17.1. The number of nitrogens with two attached hydrogens (primary N) is 2. The zero-order chi connectivity index (χ0) is 19.2. The first kappa shape index (κ1) is 18.3. The lowest BCUT2D eigenvalue weighted by molar-refractivity contribution is -0.114. The van der Waals surface area contributed by atoms with E-state index in [0.717, 1.165) is 11.1 Å². The molecule has 0 radical (unpaired) electrons. The summed E-state index contributed by atoms with van der Waals surface area (Å²) in [5.74, 6) is 0.255. The highest BCUT2D eigenvalue weighted by molar-refractivity contribution is 5.89. The molecule has 0 saturated carbocycles. The number of carbonyl (C=O) groups is 1. The molecule has 0 saturated heterocycles. The van der Waals surface area contributed by atoms with Gasteiger partial charge in [0.05, 0.1) is 18.9 Å². The molecule has 7 nitrogen and oxygen atoms in total. The number of nitrogens with one attached hydrogen (secondary N) is 1. The topological polar surface area (TPSA) is 116 Å². The third-order valence-corrected chi connectivity index (χ3v) is 3.87. The van der Waals surface area contributed by atoms with Crippen LogP contribution in [0.5, 0.6) is 0 Å². The smallest absolute Gasteiger partial charge is 0.222 e. The second-order valence-electron chi connectivity index (χ2n) is 6.03. The van der Waals surface area contributed by atoms with Gasteiger partial charge in [0.1, 0.15) is 5.82 Å². The number of ether oxygens (including phenoxy) is 1. The number of benzene rings is 2. The van der Waals surface area contributed by atoms with Gasteiger partial charge in [-0.05, 0) is 23.3 Å². The molecule has 138 valence electrons. The summed E-state index contributed by atoms with van der Waals surface area (Å²) in [5.41, 5.74) is 15.7. The van der Waals surface area contributed by atoms with Crippen molar-refractivity contribution in [3.8, 4) is 11.1 Å². The molecule has 27 heavy (non-hydrogen) atoms. The average Bonchev–Trinajstić information content (AvgIpc) is 2.63. The molecule has 0 bridgehead atoms. The van der Waals surface area contributed by atoms with Crippen molar-refractivity contribution in [2.45, 2.75) is 20.1 Å². The molecule has 0 atom stereocenters. The van der Waals surface area contributed by atoms with Gasteiger partial charge in [0.15, 0.2) is 0 Å². The Morgan fingerprint density at radius 1 is 1.00 bits per heavy atom. The molecular formula is C20H21N5O2. The quantitative estimate of drug-likeness (QED) is 0.620. The van der Waals surface area contributed by atoms with Crippen molar-refractivity contribution < 1.29 is 9.53 Å². The number of aromatic nitrogens is 2. The number of nitrogens with zero attached hydrogens (tertiary/aromatic N) is 2. The van der Waals surface area contributed by atoms with Crippen LogP contribution in [0.4, 0.5) is 17.5 Å². The maximum atomic E-state index is 11.2. The predicted molar refractivity (Wildman–Crippen MR) is 106 cm³/mol.